The van der Waals surface area contributed by atoms with Crippen molar-refractivity contribution in [3.05, 3.63) is 58.5 Å². The third kappa shape index (κ3) is 12.8. The van der Waals surface area contributed by atoms with Crippen LogP contribution in [0.5, 0.6) is 0 Å². The molecule has 0 bridgehead atoms. The van der Waals surface area contributed by atoms with Gasteiger partial charge in [-0.15, -0.1) is 0 Å². The van der Waals surface area contributed by atoms with E-state index in [4.69, 9.17) is 14.2 Å². The summed E-state index contributed by atoms with van der Waals surface area (Å²) in [7, 11) is 0. The number of aliphatic hydroxyl groups is 4. The molecule has 1 saturated heterocycles. The minimum Gasteiger partial charge on any atom is -0.454 e. The van der Waals surface area contributed by atoms with Gasteiger partial charge in [0.25, 0.3) is 0 Å². The topological polar surface area (TPSA) is 174 Å². The normalized spacial score (nSPS) is 23.8. The van der Waals surface area contributed by atoms with Crippen molar-refractivity contribution in [3.63, 3.8) is 0 Å². The molecule has 2 rings (SSSR count). The van der Waals surface area contributed by atoms with Gasteiger partial charge in [-0.1, -0.05) is 101 Å². The molecule has 0 aromatic heterocycles. The second-order valence-corrected chi connectivity index (χ2v) is 10.8. The number of rotatable bonds is 21. The maximum Gasteiger partial charge on any atom is 0.338 e. The summed E-state index contributed by atoms with van der Waals surface area (Å²) in [6.07, 6.45) is 9.63. The number of esters is 1. The number of carbonyl (C=O) groups is 1. The molecule has 1 aliphatic rings. The molecule has 1 heterocycles. The van der Waals surface area contributed by atoms with Gasteiger partial charge in [0, 0.05) is 4.91 Å². The number of nitrogens with zero attached hydrogens (tertiary/aromatic N) is 3. The molecule has 0 aliphatic carbocycles. The first-order chi connectivity index (χ1) is 20.4. The maximum absolute atomic E-state index is 12.8. The number of allylic oxidation sites excluding steroid dienone is 1. The van der Waals surface area contributed by atoms with E-state index in [1.807, 2.05) is 6.08 Å². The molecule has 0 spiro atoms. The van der Waals surface area contributed by atoms with E-state index in [0.717, 1.165) is 19.3 Å². The fourth-order valence-electron chi connectivity index (χ4n) is 4.83. The molecule has 0 saturated carbocycles. The molecule has 0 radical (unpaired) electrons. The van der Waals surface area contributed by atoms with Gasteiger partial charge in [-0.25, -0.2) is 4.79 Å². The molecule has 0 amide bonds. The molecule has 1 fully saturated rings. The highest BCUT2D eigenvalue weighted by Crippen LogP contribution is 2.23. The van der Waals surface area contributed by atoms with Crippen LogP contribution >= 0.6 is 0 Å². The predicted octanol–water partition coefficient (Wildman–Crippen LogP) is 4.96. The SMILES string of the molecule is CCCCCCCCCCCCCC=C[C@@H](OC(=O)c1ccccc1)[C@H](CO[C@H]1O[C@H](CO)[C@H](O)[C@H](O)[C@H]1O)N=[N+]=[N-]. The third-order valence-corrected chi connectivity index (χ3v) is 7.41. The number of unbranched alkanes of at least 4 members (excludes halogenated alkanes) is 11. The molecule has 11 heteroatoms. The molecule has 11 nitrogen and oxygen atoms in total. The van der Waals surface area contributed by atoms with E-state index >= 15 is 0 Å². The number of carbonyl (C=O) groups excluding carboxylic acids is 1. The smallest absolute Gasteiger partial charge is 0.338 e. The van der Waals surface area contributed by atoms with Crippen LogP contribution in [-0.4, -0.2) is 82.5 Å². The van der Waals surface area contributed by atoms with Crippen LogP contribution in [0.4, 0.5) is 0 Å². The van der Waals surface area contributed by atoms with Crippen molar-refractivity contribution in [1.82, 2.24) is 0 Å². The van der Waals surface area contributed by atoms with Crippen molar-refractivity contribution in [1.29, 1.82) is 0 Å². The van der Waals surface area contributed by atoms with Gasteiger partial charge < -0.3 is 34.6 Å². The lowest BCUT2D eigenvalue weighted by molar-refractivity contribution is -0.302. The largest absolute Gasteiger partial charge is 0.454 e. The number of hydrogen-bond acceptors (Lipinski definition) is 9. The van der Waals surface area contributed by atoms with E-state index in [2.05, 4.69) is 16.9 Å². The maximum atomic E-state index is 12.8. The van der Waals surface area contributed by atoms with Crippen molar-refractivity contribution >= 4 is 5.97 Å². The molecule has 1 aromatic carbocycles. The monoisotopic (exact) mass is 591 g/mol. The number of azide groups is 1. The lowest BCUT2D eigenvalue weighted by Gasteiger charge is -2.40. The van der Waals surface area contributed by atoms with Crippen molar-refractivity contribution in [2.24, 2.45) is 5.11 Å². The second kappa shape index (κ2) is 21.2. The summed E-state index contributed by atoms with van der Waals surface area (Å²) in [5.41, 5.74) is 9.55. The average Bonchev–Trinajstić information content (AvgIpc) is 3.01. The first kappa shape index (κ1) is 35.7. The van der Waals surface area contributed by atoms with Crippen LogP contribution in [-0.2, 0) is 14.2 Å². The summed E-state index contributed by atoms with van der Waals surface area (Å²) in [6, 6.07) is 7.40. The highest BCUT2D eigenvalue weighted by molar-refractivity contribution is 5.89. The van der Waals surface area contributed by atoms with Gasteiger partial charge >= 0.3 is 5.97 Å². The minimum absolute atomic E-state index is 0.329. The first-order valence-electron chi connectivity index (χ1n) is 15.3. The number of hydrogen-bond donors (Lipinski definition) is 4. The highest BCUT2D eigenvalue weighted by Gasteiger charge is 2.44. The fourth-order valence-corrected chi connectivity index (χ4v) is 4.83. The Labute approximate surface area is 249 Å². The van der Waals surface area contributed by atoms with Crippen molar-refractivity contribution in [2.45, 2.75) is 127 Å². The summed E-state index contributed by atoms with van der Waals surface area (Å²) in [6.45, 7) is 1.29. The van der Waals surface area contributed by atoms with Crippen molar-refractivity contribution in [2.75, 3.05) is 13.2 Å². The van der Waals surface area contributed by atoms with Crippen molar-refractivity contribution in [3.8, 4) is 0 Å². The second-order valence-electron chi connectivity index (χ2n) is 10.8. The van der Waals surface area contributed by atoms with E-state index in [1.165, 1.54) is 57.8 Å². The Balaban J connectivity index is 1.93. The van der Waals surface area contributed by atoms with E-state index in [1.54, 1.807) is 36.4 Å². The van der Waals surface area contributed by atoms with Gasteiger partial charge in [-0.05, 0) is 36.6 Å². The predicted molar refractivity (Wildman–Crippen MR) is 159 cm³/mol. The Morgan fingerprint density at radius 1 is 0.976 bits per heavy atom. The van der Waals surface area contributed by atoms with E-state index in [0.29, 0.717) is 5.56 Å². The summed E-state index contributed by atoms with van der Waals surface area (Å²) < 4.78 is 16.7. The zero-order chi connectivity index (χ0) is 30.6. The fraction of sp³-hybridized carbons (Fsp3) is 0.710. The number of ether oxygens (including phenoxy) is 3. The first-order valence-corrected chi connectivity index (χ1v) is 15.3. The van der Waals surface area contributed by atoms with Crippen LogP contribution < -0.4 is 0 Å². The van der Waals surface area contributed by atoms with Crippen LogP contribution in [0.2, 0.25) is 0 Å². The molecule has 4 N–H and O–H groups in total. The molecule has 0 unspecified atom stereocenters. The number of benzene rings is 1. The molecule has 7 atom stereocenters. The summed E-state index contributed by atoms with van der Waals surface area (Å²) in [5, 5.41) is 43.5. The standard InChI is InChI=1S/C31H49N3O8/c1-2-3-4-5-6-7-8-9-10-11-12-13-17-20-25(41-30(39)23-18-15-14-16-19-23)24(33-34-32)22-40-31-29(38)28(37)27(36)26(21-35)42-31/h14-20,24-29,31,35-38H,2-13,21-22H2,1H3/t24-,25+,26+,27-,28-,29+,31-/m0/s1. The Morgan fingerprint density at radius 3 is 2.19 bits per heavy atom. The molecule has 1 aromatic rings. The molecular weight excluding hydrogens is 542 g/mol. The minimum atomic E-state index is -1.61. The van der Waals surface area contributed by atoms with Gasteiger partial charge in [0.2, 0.25) is 0 Å². The lowest BCUT2D eigenvalue weighted by Crippen LogP contribution is -2.59. The van der Waals surface area contributed by atoms with Gasteiger partial charge in [0.15, 0.2) is 6.29 Å². The van der Waals surface area contributed by atoms with Gasteiger partial charge in [-0.2, -0.15) is 0 Å². The lowest BCUT2D eigenvalue weighted by atomic mass is 9.99. The van der Waals surface area contributed by atoms with Crippen LogP contribution in [0.1, 0.15) is 94.3 Å². The van der Waals surface area contributed by atoms with Gasteiger partial charge in [0.1, 0.15) is 36.6 Å². The molecule has 1 aliphatic heterocycles. The van der Waals surface area contributed by atoms with Gasteiger partial charge in [0.05, 0.1) is 18.8 Å². The zero-order valence-electron chi connectivity index (χ0n) is 24.7. The van der Waals surface area contributed by atoms with E-state index in [9.17, 15) is 30.8 Å². The van der Waals surface area contributed by atoms with Crippen LogP contribution in [0, 0.1) is 0 Å². The van der Waals surface area contributed by atoms with Crippen LogP contribution in [0.15, 0.2) is 47.6 Å². The van der Waals surface area contributed by atoms with E-state index in [-0.39, 0.29) is 6.61 Å². The van der Waals surface area contributed by atoms with Crippen molar-refractivity contribution < 1.29 is 39.4 Å². The summed E-state index contributed by atoms with van der Waals surface area (Å²) in [4.78, 5) is 15.7. The summed E-state index contributed by atoms with van der Waals surface area (Å²) in [5.74, 6) is -0.606. The summed E-state index contributed by atoms with van der Waals surface area (Å²) >= 11 is 0. The molecule has 42 heavy (non-hydrogen) atoms. The van der Waals surface area contributed by atoms with Crippen LogP contribution in [0.3, 0.4) is 0 Å². The molecule has 236 valence electrons. The highest BCUT2D eigenvalue weighted by atomic mass is 16.7. The Kier molecular flexibility index (Phi) is 18.0. The third-order valence-electron chi connectivity index (χ3n) is 7.41. The number of aliphatic hydroxyl groups excluding tert-OH is 4. The Bertz CT molecular complexity index is 941. The molecular formula is C31H49N3O8. The Hall–Kier alpha value is -2.50. The zero-order valence-corrected chi connectivity index (χ0v) is 24.7. The van der Waals surface area contributed by atoms with Crippen LogP contribution in [0.25, 0.3) is 10.4 Å². The van der Waals surface area contributed by atoms with E-state index < -0.39 is 55.4 Å². The average molecular weight is 592 g/mol. The van der Waals surface area contributed by atoms with Gasteiger partial charge in [-0.3, -0.25) is 0 Å². The Morgan fingerprint density at radius 2 is 1.60 bits per heavy atom. The quantitative estimate of drug-likeness (QED) is 0.0387.